The van der Waals surface area contributed by atoms with Gasteiger partial charge in [-0.3, -0.25) is 4.79 Å². The van der Waals surface area contributed by atoms with Crippen molar-refractivity contribution in [3.8, 4) is 17.4 Å². The Morgan fingerprint density at radius 1 is 1.06 bits per heavy atom. The van der Waals surface area contributed by atoms with Gasteiger partial charge in [-0.25, -0.2) is 4.79 Å². The van der Waals surface area contributed by atoms with Crippen LogP contribution in [0.2, 0.25) is 0 Å². The first-order valence-corrected chi connectivity index (χ1v) is 10.3. The fraction of sp³-hybridized carbons (Fsp3) is 0.192. The van der Waals surface area contributed by atoms with Gasteiger partial charge >= 0.3 is 5.97 Å². The molecule has 0 radical (unpaired) electrons. The van der Waals surface area contributed by atoms with Crippen LogP contribution in [-0.4, -0.2) is 18.5 Å². The molecule has 0 spiro atoms. The van der Waals surface area contributed by atoms with E-state index in [1.54, 1.807) is 42.5 Å². The maximum Gasteiger partial charge on any atom is 0.338 e. The maximum absolute atomic E-state index is 12.5. The lowest BCUT2D eigenvalue weighted by Crippen LogP contribution is -2.13. The quantitative estimate of drug-likeness (QED) is 0.297. The molecular weight excluding hydrogens is 404 g/mol. The Balaban J connectivity index is 1.73. The number of carbonyl (C=O) groups excluding carboxylic acids is 2. The van der Waals surface area contributed by atoms with Crippen LogP contribution in [0, 0.1) is 25.2 Å². The number of nitrogens with zero attached hydrogens (tertiary/aromatic N) is 1. The lowest BCUT2D eigenvalue weighted by Gasteiger charge is -2.06. The highest BCUT2D eigenvalue weighted by Crippen LogP contribution is 2.24. The Morgan fingerprint density at radius 2 is 1.81 bits per heavy atom. The fourth-order valence-electron chi connectivity index (χ4n) is 2.94. The summed E-state index contributed by atoms with van der Waals surface area (Å²) in [7, 11) is 0. The highest BCUT2D eigenvalue weighted by Gasteiger charge is 2.13. The van der Waals surface area contributed by atoms with Crippen molar-refractivity contribution in [1.29, 1.82) is 5.26 Å². The summed E-state index contributed by atoms with van der Waals surface area (Å²) in [4.78, 5) is 24.4. The standard InChI is InChI=1S/C26H24N2O4/c1-4-13-31-26(30)20-8-6-19(7-9-20)24-12-11-23(32-24)15-21(16-27)25(29)28-22-10-5-17(2)18(3)14-22/h5-12,14-15H,4,13H2,1-3H3,(H,28,29)/b21-15+. The van der Waals surface area contributed by atoms with Crippen LogP contribution in [0.3, 0.4) is 0 Å². The number of amides is 1. The number of nitriles is 1. The van der Waals surface area contributed by atoms with Crippen LogP contribution in [0.15, 0.2) is 64.6 Å². The summed E-state index contributed by atoms with van der Waals surface area (Å²) in [6, 6.07) is 17.8. The summed E-state index contributed by atoms with van der Waals surface area (Å²) in [5, 5.41) is 12.2. The Morgan fingerprint density at radius 3 is 2.47 bits per heavy atom. The number of anilines is 1. The fourth-order valence-corrected chi connectivity index (χ4v) is 2.94. The molecule has 0 aliphatic carbocycles. The van der Waals surface area contributed by atoms with Gasteiger partial charge in [-0.2, -0.15) is 5.26 Å². The van der Waals surface area contributed by atoms with E-state index < -0.39 is 5.91 Å². The summed E-state index contributed by atoms with van der Waals surface area (Å²) in [6.45, 7) is 6.26. The predicted octanol–water partition coefficient (Wildman–Crippen LogP) is 5.68. The molecular formula is C26H24N2O4. The van der Waals surface area contributed by atoms with Gasteiger partial charge in [-0.1, -0.05) is 25.1 Å². The summed E-state index contributed by atoms with van der Waals surface area (Å²) < 4.78 is 10.9. The van der Waals surface area contributed by atoms with Gasteiger partial charge in [0.05, 0.1) is 12.2 Å². The number of esters is 1. The minimum absolute atomic E-state index is 0.0712. The Kier molecular flexibility index (Phi) is 7.25. The lowest BCUT2D eigenvalue weighted by molar-refractivity contribution is -0.112. The number of carbonyl (C=O) groups is 2. The van der Waals surface area contributed by atoms with Crippen molar-refractivity contribution in [2.24, 2.45) is 0 Å². The molecule has 0 unspecified atom stereocenters. The molecule has 0 aliphatic rings. The van der Waals surface area contributed by atoms with Crippen LogP contribution < -0.4 is 5.32 Å². The molecule has 0 saturated carbocycles. The third kappa shape index (κ3) is 5.52. The highest BCUT2D eigenvalue weighted by molar-refractivity contribution is 6.09. The van der Waals surface area contributed by atoms with Gasteiger partial charge in [0.15, 0.2) is 0 Å². The van der Waals surface area contributed by atoms with Crippen molar-refractivity contribution in [3.05, 3.63) is 82.6 Å². The van der Waals surface area contributed by atoms with E-state index in [1.807, 2.05) is 39.0 Å². The van der Waals surface area contributed by atoms with Crippen LogP contribution in [0.1, 0.15) is 40.6 Å². The predicted molar refractivity (Wildman–Crippen MR) is 123 cm³/mol. The Hall–Kier alpha value is -4.11. The molecule has 162 valence electrons. The topological polar surface area (TPSA) is 92.3 Å². The number of rotatable bonds is 7. The summed E-state index contributed by atoms with van der Waals surface area (Å²) in [5.74, 6) is 0.0494. The zero-order valence-electron chi connectivity index (χ0n) is 18.3. The molecule has 32 heavy (non-hydrogen) atoms. The number of benzene rings is 2. The highest BCUT2D eigenvalue weighted by atomic mass is 16.5. The molecule has 0 bridgehead atoms. The Labute approximate surface area is 187 Å². The molecule has 1 amide bonds. The second-order valence-corrected chi connectivity index (χ2v) is 7.34. The van der Waals surface area contributed by atoms with Crippen molar-refractivity contribution >= 4 is 23.6 Å². The van der Waals surface area contributed by atoms with Crippen LogP contribution in [0.4, 0.5) is 5.69 Å². The number of aryl methyl sites for hydroxylation is 2. The third-order valence-corrected chi connectivity index (χ3v) is 4.89. The van der Waals surface area contributed by atoms with Crippen molar-refractivity contribution in [2.45, 2.75) is 27.2 Å². The van der Waals surface area contributed by atoms with E-state index in [4.69, 9.17) is 9.15 Å². The number of furan rings is 1. The molecule has 6 heteroatoms. The molecule has 3 rings (SSSR count). The second-order valence-electron chi connectivity index (χ2n) is 7.34. The van der Waals surface area contributed by atoms with Crippen LogP contribution in [0.5, 0.6) is 0 Å². The maximum atomic E-state index is 12.5. The van der Waals surface area contributed by atoms with Gasteiger partial charge in [0.25, 0.3) is 5.91 Å². The average Bonchev–Trinajstić information content (AvgIpc) is 3.27. The first-order valence-electron chi connectivity index (χ1n) is 10.3. The van der Waals surface area contributed by atoms with E-state index >= 15 is 0 Å². The minimum atomic E-state index is -0.511. The van der Waals surface area contributed by atoms with Crippen molar-refractivity contribution in [3.63, 3.8) is 0 Å². The average molecular weight is 428 g/mol. The molecule has 1 N–H and O–H groups in total. The molecule has 0 atom stereocenters. The molecule has 2 aromatic carbocycles. The smallest absolute Gasteiger partial charge is 0.338 e. The van der Waals surface area contributed by atoms with Gasteiger partial charge < -0.3 is 14.5 Å². The zero-order valence-corrected chi connectivity index (χ0v) is 18.3. The number of hydrogen-bond donors (Lipinski definition) is 1. The van der Waals surface area contributed by atoms with E-state index in [0.717, 1.165) is 23.1 Å². The van der Waals surface area contributed by atoms with Crippen LogP contribution >= 0.6 is 0 Å². The zero-order chi connectivity index (χ0) is 23.1. The molecule has 0 saturated heterocycles. The van der Waals surface area contributed by atoms with Crippen molar-refractivity contribution < 1.29 is 18.7 Å². The SMILES string of the molecule is CCCOC(=O)c1ccc(-c2ccc(/C=C(\C#N)C(=O)Nc3ccc(C)c(C)c3)o2)cc1. The second kappa shape index (κ2) is 10.3. The lowest BCUT2D eigenvalue weighted by atomic mass is 10.1. The largest absolute Gasteiger partial charge is 0.462 e. The summed E-state index contributed by atoms with van der Waals surface area (Å²) in [6.07, 6.45) is 2.16. The van der Waals surface area contributed by atoms with E-state index in [1.165, 1.54) is 6.08 Å². The van der Waals surface area contributed by atoms with Gasteiger partial charge in [0.1, 0.15) is 23.2 Å². The Bertz CT molecular complexity index is 1200. The first-order chi connectivity index (χ1) is 15.4. The van der Waals surface area contributed by atoms with Gasteiger partial charge in [0.2, 0.25) is 0 Å². The third-order valence-electron chi connectivity index (χ3n) is 4.89. The van der Waals surface area contributed by atoms with Gasteiger partial charge in [0, 0.05) is 17.3 Å². The molecule has 3 aromatic rings. The number of hydrogen-bond acceptors (Lipinski definition) is 5. The monoisotopic (exact) mass is 428 g/mol. The van der Waals surface area contributed by atoms with E-state index in [0.29, 0.717) is 29.4 Å². The molecule has 1 heterocycles. The molecule has 6 nitrogen and oxygen atoms in total. The van der Waals surface area contributed by atoms with Crippen LogP contribution in [0.25, 0.3) is 17.4 Å². The molecule has 1 aromatic heterocycles. The van der Waals surface area contributed by atoms with Crippen LogP contribution in [-0.2, 0) is 9.53 Å². The van der Waals surface area contributed by atoms with E-state index in [9.17, 15) is 14.9 Å². The number of nitrogens with one attached hydrogen (secondary N) is 1. The minimum Gasteiger partial charge on any atom is -0.462 e. The van der Waals surface area contributed by atoms with E-state index in [-0.39, 0.29) is 11.5 Å². The summed E-state index contributed by atoms with van der Waals surface area (Å²) in [5.41, 5.74) is 3.94. The number of ether oxygens (including phenoxy) is 1. The van der Waals surface area contributed by atoms with Gasteiger partial charge in [-0.15, -0.1) is 0 Å². The van der Waals surface area contributed by atoms with Crippen molar-refractivity contribution in [1.82, 2.24) is 0 Å². The summed E-state index contributed by atoms with van der Waals surface area (Å²) >= 11 is 0. The van der Waals surface area contributed by atoms with Gasteiger partial charge in [-0.05, 0) is 67.8 Å². The molecule has 0 aliphatic heterocycles. The van der Waals surface area contributed by atoms with E-state index in [2.05, 4.69) is 5.32 Å². The first kappa shape index (κ1) is 22.6. The van der Waals surface area contributed by atoms with Crippen molar-refractivity contribution in [2.75, 3.05) is 11.9 Å². The molecule has 0 fully saturated rings. The normalized spacial score (nSPS) is 11.0.